The third-order valence-electron chi connectivity index (χ3n) is 2.54. The monoisotopic (exact) mass is 214 g/mol. The molecular weight excluding hydrogens is 196 g/mol. The highest BCUT2D eigenvalue weighted by molar-refractivity contribution is 6.32. The van der Waals surface area contributed by atoms with Crippen molar-refractivity contribution in [1.29, 1.82) is 0 Å². The second kappa shape index (κ2) is 5.11. The van der Waals surface area contributed by atoms with Crippen LogP contribution in [0.3, 0.4) is 0 Å². The lowest BCUT2D eigenvalue weighted by atomic mass is 10.2. The van der Waals surface area contributed by atoms with Crippen molar-refractivity contribution < 1.29 is 14.3 Å². The first-order valence-electron chi connectivity index (χ1n) is 5.22. The van der Waals surface area contributed by atoms with Gasteiger partial charge in [-0.05, 0) is 20.9 Å². The van der Waals surface area contributed by atoms with Crippen molar-refractivity contribution in [3.8, 4) is 0 Å². The second-order valence-electron chi connectivity index (χ2n) is 3.83. The number of hydrogen-bond acceptors (Lipinski definition) is 4. The highest BCUT2D eigenvalue weighted by Gasteiger charge is 2.30. The summed E-state index contributed by atoms with van der Waals surface area (Å²) in [6.45, 7) is 6.06. The highest BCUT2D eigenvalue weighted by Crippen LogP contribution is 2.08. The Kier molecular flexibility index (Phi) is 4.08. The van der Waals surface area contributed by atoms with Crippen LogP contribution in [0.25, 0.3) is 0 Å². The third-order valence-corrected chi connectivity index (χ3v) is 2.54. The Morgan fingerprint density at radius 2 is 2.07 bits per heavy atom. The number of piperazine rings is 1. The van der Waals surface area contributed by atoms with E-state index in [0.29, 0.717) is 6.54 Å². The number of amides is 1. The van der Waals surface area contributed by atoms with Gasteiger partial charge in [0.05, 0.1) is 6.61 Å². The summed E-state index contributed by atoms with van der Waals surface area (Å²) in [6, 6.07) is 0.0701. The summed E-state index contributed by atoms with van der Waals surface area (Å²) >= 11 is 0. The molecule has 15 heavy (non-hydrogen) atoms. The summed E-state index contributed by atoms with van der Waals surface area (Å²) in [6.07, 6.45) is 0. The SMILES string of the molecule is CCOC(=O)C(=O)N1CCN(C)CC1C. The number of nitrogens with zero attached hydrogens (tertiary/aromatic N) is 2. The minimum atomic E-state index is -0.742. The maximum absolute atomic E-state index is 11.6. The number of hydrogen-bond donors (Lipinski definition) is 0. The van der Waals surface area contributed by atoms with Crippen LogP contribution in [-0.2, 0) is 14.3 Å². The zero-order valence-electron chi connectivity index (χ0n) is 9.52. The molecule has 1 aliphatic heterocycles. The van der Waals surface area contributed by atoms with E-state index in [2.05, 4.69) is 9.64 Å². The van der Waals surface area contributed by atoms with Crippen molar-refractivity contribution in [3.63, 3.8) is 0 Å². The Morgan fingerprint density at radius 1 is 1.40 bits per heavy atom. The van der Waals surface area contributed by atoms with Crippen LogP contribution in [0.4, 0.5) is 0 Å². The van der Waals surface area contributed by atoms with E-state index in [0.717, 1.165) is 13.1 Å². The molecule has 0 N–H and O–H groups in total. The van der Waals surface area contributed by atoms with Crippen LogP contribution in [0.1, 0.15) is 13.8 Å². The van der Waals surface area contributed by atoms with Crippen molar-refractivity contribution >= 4 is 11.9 Å². The van der Waals surface area contributed by atoms with Gasteiger partial charge in [-0.15, -0.1) is 0 Å². The Balaban J connectivity index is 2.56. The molecule has 1 saturated heterocycles. The van der Waals surface area contributed by atoms with Crippen LogP contribution < -0.4 is 0 Å². The first-order valence-corrected chi connectivity index (χ1v) is 5.22. The third kappa shape index (κ3) is 2.92. The fourth-order valence-corrected chi connectivity index (χ4v) is 1.75. The van der Waals surface area contributed by atoms with Crippen LogP contribution >= 0.6 is 0 Å². The quantitative estimate of drug-likeness (QED) is 0.444. The molecule has 0 aromatic heterocycles. The van der Waals surface area contributed by atoms with Crippen molar-refractivity contribution in [2.75, 3.05) is 33.3 Å². The fraction of sp³-hybridized carbons (Fsp3) is 0.800. The lowest BCUT2D eigenvalue weighted by Crippen LogP contribution is -2.54. The molecule has 86 valence electrons. The van der Waals surface area contributed by atoms with Crippen molar-refractivity contribution in [2.24, 2.45) is 0 Å². The molecular formula is C10H18N2O3. The van der Waals surface area contributed by atoms with Crippen LogP contribution in [0, 0.1) is 0 Å². The zero-order valence-corrected chi connectivity index (χ0v) is 9.52. The average Bonchev–Trinajstić information content (AvgIpc) is 2.17. The number of rotatable bonds is 1. The minimum absolute atomic E-state index is 0.0701. The summed E-state index contributed by atoms with van der Waals surface area (Å²) in [4.78, 5) is 26.6. The molecule has 0 saturated carbocycles. The summed E-state index contributed by atoms with van der Waals surface area (Å²) in [5.74, 6) is -1.26. The van der Waals surface area contributed by atoms with E-state index in [-0.39, 0.29) is 12.6 Å². The molecule has 0 spiro atoms. The number of carbonyl (C=O) groups excluding carboxylic acids is 2. The van der Waals surface area contributed by atoms with Crippen LogP contribution in [0.2, 0.25) is 0 Å². The molecule has 0 aromatic rings. The molecule has 1 amide bonds. The van der Waals surface area contributed by atoms with E-state index < -0.39 is 11.9 Å². The Labute approximate surface area is 90.0 Å². The maximum Gasteiger partial charge on any atom is 0.397 e. The van der Waals surface area contributed by atoms with Crippen molar-refractivity contribution in [2.45, 2.75) is 19.9 Å². The molecule has 0 aromatic carbocycles. The topological polar surface area (TPSA) is 49.9 Å². The maximum atomic E-state index is 11.6. The number of likely N-dealkylation sites (N-methyl/N-ethyl adjacent to an activating group) is 1. The number of ether oxygens (including phenoxy) is 1. The smallest absolute Gasteiger partial charge is 0.397 e. The van der Waals surface area contributed by atoms with Crippen LogP contribution in [-0.4, -0.2) is 61.0 Å². The van der Waals surface area contributed by atoms with E-state index in [1.165, 1.54) is 0 Å². The van der Waals surface area contributed by atoms with Gasteiger partial charge in [-0.1, -0.05) is 0 Å². The van der Waals surface area contributed by atoms with Gasteiger partial charge in [-0.25, -0.2) is 4.79 Å². The van der Waals surface area contributed by atoms with Gasteiger partial charge in [-0.3, -0.25) is 4.79 Å². The number of esters is 1. The molecule has 1 atom stereocenters. The molecule has 0 aliphatic carbocycles. The Bertz CT molecular complexity index is 255. The number of carbonyl (C=O) groups is 2. The normalized spacial score (nSPS) is 22.6. The first kappa shape index (κ1) is 12.0. The highest BCUT2D eigenvalue weighted by atomic mass is 16.5. The second-order valence-corrected chi connectivity index (χ2v) is 3.83. The van der Waals surface area contributed by atoms with Gasteiger partial charge in [0, 0.05) is 25.7 Å². The summed E-state index contributed by atoms with van der Waals surface area (Å²) in [5.41, 5.74) is 0. The molecule has 1 rings (SSSR count). The lowest BCUT2D eigenvalue weighted by Gasteiger charge is -2.37. The predicted octanol–water partition coefficient (Wildman–Crippen LogP) is -0.288. The molecule has 1 fully saturated rings. The predicted molar refractivity (Wildman–Crippen MR) is 55.3 cm³/mol. The largest absolute Gasteiger partial charge is 0.459 e. The molecule has 1 unspecified atom stereocenters. The zero-order chi connectivity index (χ0) is 11.4. The summed E-state index contributed by atoms with van der Waals surface area (Å²) < 4.78 is 4.69. The first-order chi connectivity index (χ1) is 7.06. The molecule has 0 radical (unpaired) electrons. The van der Waals surface area contributed by atoms with E-state index in [1.807, 2.05) is 14.0 Å². The lowest BCUT2D eigenvalue weighted by molar-refractivity contribution is -0.162. The molecule has 1 aliphatic rings. The van der Waals surface area contributed by atoms with E-state index in [4.69, 9.17) is 0 Å². The molecule has 5 heteroatoms. The van der Waals surface area contributed by atoms with Crippen LogP contribution in [0.5, 0.6) is 0 Å². The average molecular weight is 214 g/mol. The summed E-state index contributed by atoms with van der Waals surface area (Å²) in [5, 5.41) is 0. The van der Waals surface area contributed by atoms with Crippen molar-refractivity contribution in [1.82, 2.24) is 9.80 Å². The molecule has 5 nitrogen and oxygen atoms in total. The van der Waals surface area contributed by atoms with E-state index in [9.17, 15) is 9.59 Å². The van der Waals surface area contributed by atoms with Gasteiger partial charge in [0.1, 0.15) is 0 Å². The molecule has 0 bridgehead atoms. The standard InChI is InChI=1S/C10H18N2O3/c1-4-15-10(14)9(13)12-6-5-11(3)7-8(12)2/h8H,4-7H2,1-3H3. The van der Waals surface area contributed by atoms with Gasteiger partial charge in [-0.2, -0.15) is 0 Å². The van der Waals surface area contributed by atoms with E-state index in [1.54, 1.807) is 11.8 Å². The van der Waals surface area contributed by atoms with E-state index >= 15 is 0 Å². The minimum Gasteiger partial charge on any atom is -0.459 e. The Morgan fingerprint density at radius 3 is 2.60 bits per heavy atom. The Hall–Kier alpha value is -1.10. The van der Waals surface area contributed by atoms with Gasteiger partial charge < -0.3 is 14.5 Å². The van der Waals surface area contributed by atoms with Gasteiger partial charge in [0.25, 0.3) is 0 Å². The van der Waals surface area contributed by atoms with Gasteiger partial charge in [0.15, 0.2) is 0 Å². The van der Waals surface area contributed by atoms with Gasteiger partial charge >= 0.3 is 11.9 Å². The van der Waals surface area contributed by atoms with Gasteiger partial charge in [0.2, 0.25) is 0 Å². The van der Waals surface area contributed by atoms with Crippen molar-refractivity contribution in [3.05, 3.63) is 0 Å². The molecule has 1 heterocycles. The van der Waals surface area contributed by atoms with Crippen LogP contribution in [0.15, 0.2) is 0 Å². The summed E-state index contributed by atoms with van der Waals surface area (Å²) in [7, 11) is 2.00. The fourth-order valence-electron chi connectivity index (χ4n) is 1.75.